The number of nitrogens with one attached hydrogen (secondary N) is 1. The first-order chi connectivity index (χ1) is 19.9. The van der Waals surface area contributed by atoms with Crippen LogP contribution in [0.15, 0.2) is 59.7 Å². The zero-order valence-electron chi connectivity index (χ0n) is 22.8. The molecule has 2 saturated heterocycles. The van der Waals surface area contributed by atoms with Crippen LogP contribution in [0.3, 0.4) is 0 Å². The fourth-order valence-electron chi connectivity index (χ4n) is 6.44. The zero-order chi connectivity index (χ0) is 28.5. The zero-order valence-corrected chi connectivity index (χ0v) is 22.8. The van der Waals surface area contributed by atoms with Crippen molar-refractivity contribution in [2.24, 2.45) is 0 Å². The summed E-state index contributed by atoms with van der Waals surface area (Å²) in [6.07, 6.45) is 8.50. The van der Waals surface area contributed by atoms with Gasteiger partial charge in [0.2, 0.25) is 11.8 Å². The summed E-state index contributed by atoms with van der Waals surface area (Å²) in [6.45, 7) is 3.23. The van der Waals surface area contributed by atoms with Gasteiger partial charge in [-0.2, -0.15) is 0 Å². The van der Waals surface area contributed by atoms with E-state index in [-0.39, 0.29) is 30.7 Å². The van der Waals surface area contributed by atoms with Gasteiger partial charge >= 0.3 is 0 Å². The number of carbonyl (C=O) groups excluding carboxylic acids is 3. The van der Waals surface area contributed by atoms with Gasteiger partial charge in [-0.05, 0) is 80.4 Å². The van der Waals surface area contributed by atoms with E-state index in [1.165, 1.54) is 16.5 Å². The maximum Gasteiger partial charge on any atom is 0.255 e. The quantitative estimate of drug-likeness (QED) is 0.499. The third-order valence-corrected chi connectivity index (χ3v) is 8.61. The molecule has 1 unspecified atom stereocenters. The van der Waals surface area contributed by atoms with Gasteiger partial charge in [0, 0.05) is 30.2 Å². The molecule has 1 N–H and O–H groups in total. The molecule has 2 fully saturated rings. The van der Waals surface area contributed by atoms with Crippen molar-refractivity contribution in [3.8, 4) is 5.75 Å². The Morgan fingerprint density at radius 2 is 1.83 bits per heavy atom. The van der Waals surface area contributed by atoms with Crippen molar-refractivity contribution < 1.29 is 27.9 Å². The maximum atomic E-state index is 14.2. The number of benzene rings is 2. The second-order valence-electron chi connectivity index (χ2n) is 11.3. The number of hydrogen-bond donors (Lipinski definition) is 1. The molecule has 41 heavy (non-hydrogen) atoms. The lowest BCUT2D eigenvalue weighted by Crippen LogP contribution is -2.52. The number of fused-ring (bicyclic) bond motifs is 1. The average Bonchev–Trinajstić information content (AvgIpc) is 3.29. The molecule has 3 aliphatic heterocycles. The second kappa shape index (κ2) is 11.6. The lowest BCUT2D eigenvalue weighted by molar-refractivity contribution is -0.136. The van der Waals surface area contributed by atoms with Gasteiger partial charge < -0.3 is 9.64 Å². The lowest BCUT2D eigenvalue weighted by atomic mass is 9.88. The third-order valence-electron chi connectivity index (χ3n) is 8.61. The van der Waals surface area contributed by atoms with E-state index in [4.69, 9.17) is 4.74 Å². The number of allylic oxidation sites excluding steroid dienone is 1. The van der Waals surface area contributed by atoms with E-state index in [1.54, 1.807) is 18.2 Å². The Kier molecular flexibility index (Phi) is 7.71. The Labute approximate surface area is 237 Å². The van der Waals surface area contributed by atoms with Gasteiger partial charge in [-0.25, -0.2) is 8.78 Å². The average molecular weight is 562 g/mol. The van der Waals surface area contributed by atoms with Gasteiger partial charge in [0.25, 0.3) is 5.91 Å². The molecule has 0 spiro atoms. The molecular weight excluding hydrogens is 528 g/mol. The van der Waals surface area contributed by atoms with Crippen LogP contribution in [0.25, 0.3) is 0 Å². The highest BCUT2D eigenvalue weighted by Crippen LogP contribution is 2.34. The molecule has 0 saturated carbocycles. The van der Waals surface area contributed by atoms with Crippen LogP contribution in [0.5, 0.6) is 5.75 Å². The van der Waals surface area contributed by atoms with E-state index >= 15 is 0 Å². The number of amides is 3. The Morgan fingerprint density at radius 1 is 1.00 bits per heavy atom. The van der Waals surface area contributed by atoms with Gasteiger partial charge in [-0.1, -0.05) is 29.9 Å². The van der Waals surface area contributed by atoms with Crippen LogP contribution in [-0.2, 0) is 16.1 Å². The normalized spacial score (nSPS) is 21.9. The van der Waals surface area contributed by atoms with Crippen molar-refractivity contribution in [2.75, 3.05) is 26.2 Å². The van der Waals surface area contributed by atoms with Gasteiger partial charge in [-0.3, -0.25) is 24.6 Å². The fourth-order valence-corrected chi connectivity index (χ4v) is 6.44. The molecule has 1 aliphatic carbocycles. The first kappa shape index (κ1) is 27.3. The minimum Gasteiger partial charge on any atom is -0.489 e. The Hall–Kier alpha value is -3.85. The van der Waals surface area contributed by atoms with Crippen molar-refractivity contribution >= 4 is 17.7 Å². The molecule has 2 aromatic rings. The number of carbonyl (C=O) groups is 3. The number of halogens is 2. The molecule has 2 aromatic carbocycles. The highest BCUT2D eigenvalue weighted by molar-refractivity contribution is 6.05. The van der Waals surface area contributed by atoms with Crippen molar-refractivity contribution in [1.82, 2.24) is 15.1 Å². The highest BCUT2D eigenvalue weighted by atomic mass is 19.1. The van der Waals surface area contributed by atoms with Crippen LogP contribution in [0, 0.1) is 11.6 Å². The fraction of sp³-hybridized carbons (Fsp3) is 0.406. The third kappa shape index (κ3) is 5.81. The van der Waals surface area contributed by atoms with Gasteiger partial charge in [0.05, 0.1) is 6.54 Å². The molecule has 3 heterocycles. The standard InChI is InChI=1S/C32H33F2N3O4/c33-23-7-8-24(27(34)16-23)22-11-13-36(14-12-22)17-20-3-1-4-21(15-20)19-41-29-6-2-5-25-26(29)18-37(32(25)40)28-9-10-30(38)35-31(28)39/h2,4-8,15-16,22,28H,1,3,9-14,17-19H2,(H,35,38,39). The number of rotatable bonds is 7. The SMILES string of the molecule is O=C1CCC(N2Cc3c(OCC4=CCCC(CN5CCC(c6ccc(F)cc6F)CC5)=C4)cccc3C2=O)C(=O)N1. The van der Waals surface area contributed by atoms with E-state index in [0.717, 1.165) is 62.5 Å². The van der Waals surface area contributed by atoms with E-state index < -0.39 is 23.6 Å². The summed E-state index contributed by atoms with van der Waals surface area (Å²) in [4.78, 5) is 41.0. The van der Waals surface area contributed by atoms with Crippen LogP contribution >= 0.6 is 0 Å². The summed E-state index contributed by atoms with van der Waals surface area (Å²) < 4.78 is 33.8. The van der Waals surface area contributed by atoms with Crippen molar-refractivity contribution in [3.05, 3.63) is 88.0 Å². The molecule has 0 radical (unpaired) electrons. The van der Waals surface area contributed by atoms with E-state index in [9.17, 15) is 23.2 Å². The molecule has 7 nitrogen and oxygen atoms in total. The van der Waals surface area contributed by atoms with Gasteiger partial charge in [0.15, 0.2) is 0 Å². The molecule has 3 amide bonds. The number of nitrogens with zero attached hydrogens (tertiary/aromatic N) is 2. The molecular formula is C32H33F2N3O4. The number of imide groups is 1. The van der Waals surface area contributed by atoms with E-state index in [1.807, 2.05) is 6.07 Å². The molecule has 0 bridgehead atoms. The summed E-state index contributed by atoms with van der Waals surface area (Å²) in [7, 11) is 0. The molecule has 214 valence electrons. The molecule has 0 aromatic heterocycles. The van der Waals surface area contributed by atoms with Crippen LogP contribution in [0.2, 0.25) is 0 Å². The van der Waals surface area contributed by atoms with Crippen molar-refractivity contribution in [3.63, 3.8) is 0 Å². The highest BCUT2D eigenvalue weighted by Gasteiger charge is 2.40. The minimum absolute atomic E-state index is 0.112. The smallest absolute Gasteiger partial charge is 0.255 e. The van der Waals surface area contributed by atoms with Crippen molar-refractivity contribution in [2.45, 2.75) is 57.0 Å². The van der Waals surface area contributed by atoms with E-state index in [2.05, 4.69) is 22.4 Å². The Morgan fingerprint density at radius 3 is 2.61 bits per heavy atom. The van der Waals surface area contributed by atoms with Crippen LogP contribution < -0.4 is 10.1 Å². The first-order valence-corrected chi connectivity index (χ1v) is 14.3. The summed E-state index contributed by atoms with van der Waals surface area (Å²) >= 11 is 0. The molecule has 1 atom stereocenters. The molecule has 9 heteroatoms. The summed E-state index contributed by atoms with van der Waals surface area (Å²) in [5.74, 6) is -1.21. The summed E-state index contributed by atoms with van der Waals surface area (Å²) in [5, 5.41) is 2.34. The summed E-state index contributed by atoms with van der Waals surface area (Å²) in [5.41, 5.74) is 4.32. The second-order valence-corrected chi connectivity index (χ2v) is 11.3. The summed E-state index contributed by atoms with van der Waals surface area (Å²) in [6, 6.07) is 8.62. The number of ether oxygens (including phenoxy) is 1. The maximum absolute atomic E-state index is 14.2. The molecule has 6 rings (SSSR count). The number of hydrogen-bond acceptors (Lipinski definition) is 5. The minimum atomic E-state index is -0.660. The topological polar surface area (TPSA) is 79.0 Å². The monoisotopic (exact) mass is 561 g/mol. The van der Waals surface area contributed by atoms with Crippen LogP contribution in [-0.4, -0.2) is 59.8 Å². The van der Waals surface area contributed by atoms with Crippen LogP contribution in [0.1, 0.15) is 65.9 Å². The van der Waals surface area contributed by atoms with Gasteiger partial charge in [0.1, 0.15) is 30.0 Å². The first-order valence-electron chi connectivity index (χ1n) is 14.3. The Bertz CT molecular complexity index is 1440. The predicted octanol–water partition coefficient (Wildman–Crippen LogP) is 4.63. The molecule has 4 aliphatic rings. The Balaban J connectivity index is 1.04. The predicted molar refractivity (Wildman–Crippen MR) is 148 cm³/mol. The number of likely N-dealkylation sites (tertiary alicyclic amines) is 1. The van der Waals surface area contributed by atoms with Crippen molar-refractivity contribution in [1.29, 1.82) is 0 Å². The van der Waals surface area contributed by atoms with Crippen LogP contribution in [0.4, 0.5) is 8.78 Å². The number of piperidine rings is 2. The largest absolute Gasteiger partial charge is 0.489 e. The van der Waals surface area contributed by atoms with E-state index in [0.29, 0.717) is 29.9 Å². The van der Waals surface area contributed by atoms with Gasteiger partial charge in [-0.15, -0.1) is 0 Å². The lowest BCUT2D eigenvalue weighted by Gasteiger charge is -2.33.